The van der Waals surface area contributed by atoms with Gasteiger partial charge in [0.05, 0.1) is 20.4 Å². The molecule has 6 nitrogen and oxygen atoms in total. The monoisotopic (exact) mass is 285 g/mol. The topological polar surface area (TPSA) is 72.8 Å². The molecular weight excluding hydrogens is 270 g/mol. The minimum atomic E-state index is -0.376. The molecular formula is C15H15N3O3. The minimum absolute atomic E-state index is 0.302. The summed E-state index contributed by atoms with van der Waals surface area (Å²) in [5, 5.41) is 3.90. The molecule has 1 heterocycles. The zero-order valence-electron chi connectivity index (χ0n) is 11.7. The van der Waals surface area contributed by atoms with Gasteiger partial charge in [-0.25, -0.2) is 5.43 Å². The van der Waals surface area contributed by atoms with E-state index < -0.39 is 0 Å². The molecule has 108 valence electrons. The highest BCUT2D eigenvalue weighted by Gasteiger charge is 2.05. The number of amides is 1. The molecule has 0 aliphatic carbocycles. The highest BCUT2D eigenvalue weighted by Crippen LogP contribution is 2.22. The number of hydrogen-bond acceptors (Lipinski definition) is 5. The van der Waals surface area contributed by atoms with Gasteiger partial charge in [0.1, 0.15) is 17.2 Å². The molecule has 1 N–H and O–H groups in total. The Bertz CT molecular complexity index is 642. The van der Waals surface area contributed by atoms with E-state index in [0.717, 1.165) is 5.56 Å². The molecule has 1 aromatic heterocycles. The van der Waals surface area contributed by atoms with E-state index in [2.05, 4.69) is 15.5 Å². The number of aromatic nitrogens is 1. The Morgan fingerprint density at radius 3 is 2.76 bits per heavy atom. The van der Waals surface area contributed by atoms with Gasteiger partial charge in [0.15, 0.2) is 0 Å². The van der Waals surface area contributed by atoms with Crippen molar-refractivity contribution in [3.63, 3.8) is 0 Å². The third-order valence-corrected chi connectivity index (χ3v) is 2.71. The summed E-state index contributed by atoms with van der Waals surface area (Å²) in [7, 11) is 3.13. The summed E-state index contributed by atoms with van der Waals surface area (Å²) >= 11 is 0. The normalized spacial score (nSPS) is 10.4. The molecule has 0 aliphatic heterocycles. The fourth-order valence-electron chi connectivity index (χ4n) is 1.64. The van der Waals surface area contributed by atoms with Crippen LogP contribution in [0, 0.1) is 0 Å². The number of hydrazone groups is 1. The van der Waals surface area contributed by atoms with E-state index in [9.17, 15) is 4.79 Å². The average Bonchev–Trinajstić information content (AvgIpc) is 2.55. The van der Waals surface area contributed by atoms with Crippen LogP contribution in [0.4, 0.5) is 0 Å². The van der Waals surface area contributed by atoms with Gasteiger partial charge in [-0.3, -0.25) is 9.78 Å². The first-order valence-corrected chi connectivity index (χ1v) is 6.21. The van der Waals surface area contributed by atoms with Crippen LogP contribution in [0.2, 0.25) is 0 Å². The summed E-state index contributed by atoms with van der Waals surface area (Å²) in [4.78, 5) is 15.7. The first-order valence-electron chi connectivity index (χ1n) is 6.21. The molecule has 0 saturated heterocycles. The van der Waals surface area contributed by atoms with E-state index in [1.807, 2.05) is 0 Å². The fourth-order valence-corrected chi connectivity index (χ4v) is 1.64. The third kappa shape index (κ3) is 3.79. The average molecular weight is 285 g/mol. The molecule has 2 rings (SSSR count). The van der Waals surface area contributed by atoms with Crippen LogP contribution in [0.3, 0.4) is 0 Å². The van der Waals surface area contributed by atoms with Gasteiger partial charge >= 0.3 is 0 Å². The Kier molecular flexibility index (Phi) is 4.87. The van der Waals surface area contributed by atoms with E-state index in [4.69, 9.17) is 9.47 Å². The number of nitrogens with zero attached hydrogens (tertiary/aromatic N) is 2. The van der Waals surface area contributed by atoms with Crippen LogP contribution in [0.1, 0.15) is 16.1 Å². The smallest absolute Gasteiger partial charge is 0.289 e. The van der Waals surface area contributed by atoms with E-state index in [1.54, 1.807) is 56.8 Å². The summed E-state index contributed by atoms with van der Waals surface area (Å²) in [6, 6.07) is 10.4. The second-order valence-electron chi connectivity index (χ2n) is 4.02. The molecule has 0 atom stereocenters. The summed E-state index contributed by atoms with van der Waals surface area (Å²) in [6.07, 6.45) is 3.05. The minimum Gasteiger partial charge on any atom is -0.497 e. The van der Waals surface area contributed by atoms with Crippen LogP contribution in [0.5, 0.6) is 11.5 Å². The van der Waals surface area contributed by atoms with E-state index in [1.165, 1.54) is 6.21 Å². The molecule has 21 heavy (non-hydrogen) atoms. The fraction of sp³-hybridized carbons (Fsp3) is 0.133. The second-order valence-corrected chi connectivity index (χ2v) is 4.02. The lowest BCUT2D eigenvalue weighted by atomic mass is 10.2. The Labute approximate surface area is 122 Å². The van der Waals surface area contributed by atoms with Crippen molar-refractivity contribution >= 4 is 12.1 Å². The predicted molar refractivity (Wildman–Crippen MR) is 78.8 cm³/mol. The number of hydrogen-bond donors (Lipinski definition) is 1. The number of methoxy groups -OCH3 is 2. The van der Waals surface area contributed by atoms with Crippen molar-refractivity contribution in [1.29, 1.82) is 0 Å². The van der Waals surface area contributed by atoms with E-state index in [0.29, 0.717) is 17.2 Å². The maximum absolute atomic E-state index is 11.8. The highest BCUT2D eigenvalue weighted by atomic mass is 16.5. The lowest BCUT2D eigenvalue weighted by Gasteiger charge is -2.06. The van der Waals surface area contributed by atoms with Crippen molar-refractivity contribution in [3.8, 4) is 11.5 Å². The maximum Gasteiger partial charge on any atom is 0.289 e. The zero-order chi connectivity index (χ0) is 15.1. The summed E-state index contributed by atoms with van der Waals surface area (Å²) < 4.78 is 10.3. The first kappa shape index (κ1) is 14.5. The van der Waals surface area contributed by atoms with Gasteiger partial charge in [-0.05, 0) is 24.3 Å². The van der Waals surface area contributed by atoms with Crippen molar-refractivity contribution < 1.29 is 14.3 Å². The Balaban J connectivity index is 2.06. The maximum atomic E-state index is 11.8. The lowest BCUT2D eigenvalue weighted by Crippen LogP contribution is -2.18. The molecule has 1 aromatic carbocycles. The molecule has 1 amide bonds. The van der Waals surface area contributed by atoms with Crippen LogP contribution in [-0.4, -0.2) is 31.3 Å². The number of rotatable bonds is 5. The molecule has 0 aliphatic rings. The Hall–Kier alpha value is -2.89. The SMILES string of the molecule is COc1ccc(C=NNC(=O)c2ccccn2)c(OC)c1. The quantitative estimate of drug-likeness (QED) is 0.672. The number of benzene rings is 1. The second kappa shape index (κ2) is 7.04. The van der Waals surface area contributed by atoms with Crippen LogP contribution in [0.15, 0.2) is 47.7 Å². The molecule has 2 aromatic rings. The van der Waals surface area contributed by atoms with Gasteiger partial charge in [-0.15, -0.1) is 0 Å². The Morgan fingerprint density at radius 2 is 2.10 bits per heavy atom. The molecule has 0 unspecified atom stereocenters. The van der Waals surface area contributed by atoms with Crippen LogP contribution >= 0.6 is 0 Å². The van der Waals surface area contributed by atoms with Gasteiger partial charge in [0.2, 0.25) is 0 Å². The van der Waals surface area contributed by atoms with Crippen molar-refractivity contribution in [1.82, 2.24) is 10.4 Å². The van der Waals surface area contributed by atoms with Crippen molar-refractivity contribution in [2.24, 2.45) is 5.10 Å². The summed E-state index contributed by atoms with van der Waals surface area (Å²) in [5.74, 6) is 0.908. The number of nitrogens with one attached hydrogen (secondary N) is 1. The summed E-state index contributed by atoms with van der Waals surface area (Å²) in [6.45, 7) is 0. The standard InChI is InChI=1S/C15H15N3O3/c1-20-12-7-6-11(14(9-12)21-2)10-17-18-15(19)13-5-3-4-8-16-13/h3-10H,1-2H3,(H,18,19). The predicted octanol–water partition coefficient (Wildman–Crippen LogP) is 1.86. The van der Waals surface area contributed by atoms with E-state index in [-0.39, 0.29) is 5.91 Å². The van der Waals surface area contributed by atoms with Gasteiger partial charge < -0.3 is 9.47 Å². The Morgan fingerprint density at radius 1 is 1.24 bits per heavy atom. The third-order valence-electron chi connectivity index (χ3n) is 2.71. The number of carbonyl (C=O) groups excluding carboxylic acids is 1. The number of ether oxygens (including phenoxy) is 2. The van der Waals surface area contributed by atoms with Gasteiger partial charge in [-0.1, -0.05) is 6.07 Å². The van der Waals surface area contributed by atoms with Crippen LogP contribution < -0.4 is 14.9 Å². The largest absolute Gasteiger partial charge is 0.497 e. The zero-order valence-corrected chi connectivity index (χ0v) is 11.7. The van der Waals surface area contributed by atoms with Crippen molar-refractivity contribution in [3.05, 3.63) is 53.9 Å². The number of carbonyl (C=O) groups is 1. The van der Waals surface area contributed by atoms with Crippen LogP contribution in [0.25, 0.3) is 0 Å². The lowest BCUT2D eigenvalue weighted by molar-refractivity contribution is 0.0950. The molecule has 6 heteroatoms. The van der Waals surface area contributed by atoms with Gasteiger partial charge in [-0.2, -0.15) is 5.10 Å². The van der Waals surface area contributed by atoms with Gasteiger partial charge in [0.25, 0.3) is 5.91 Å². The summed E-state index contributed by atoms with van der Waals surface area (Å²) in [5.41, 5.74) is 3.43. The molecule has 0 bridgehead atoms. The van der Waals surface area contributed by atoms with E-state index >= 15 is 0 Å². The van der Waals surface area contributed by atoms with Crippen LogP contribution in [-0.2, 0) is 0 Å². The van der Waals surface area contributed by atoms with Gasteiger partial charge in [0, 0.05) is 17.8 Å². The highest BCUT2D eigenvalue weighted by molar-refractivity contribution is 5.93. The number of pyridine rings is 1. The molecule has 0 saturated carbocycles. The molecule has 0 fully saturated rings. The van der Waals surface area contributed by atoms with Crippen molar-refractivity contribution in [2.45, 2.75) is 0 Å². The molecule has 0 radical (unpaired) electrons. The molecule has 0 spiro atoms. The first-order chi connectivity index (χ1) is 10.2. The van der Waals surface area contributed by atoms with Crippen molar-refractivity contribution in [2.75, 3.05) is 14.2 Å².